The maximum atomic E-state index is 13.0. The van der Waals surface area contributed by atoms with Crippen molar-refractivity contribution >= 4 is 37.8 Å². The zero-order chi connectivity index (χ0) is 17.1. The molecule has 5 nitrogen and oxygen atoms in total. The van der Waals surface area contributed by atoms with Crippen LogP contribution < -0.4 is 0 Å². The Bertz CT molecular complexity index is 899. The lowest BCUT2D eigenvalue weighted by Crippen LogP contribution is -2.06. The molecule has 1 aromatic heterocycles. The molecule has 0 fully saturated rings. The van der Waals surface area contributed by atoms with Gasteiger partial charge in [0.25, 0.3) is 5.89 Å². The number of esters is 1. The second kappa shape index (κ2) is 7.23. The summed E-state index contributed by atoms with van der Waals surface area (Å²) in [4.78, 5) is 16.2. The molecule has 3 aromatic rings. The molecule has 0 spiro atoms. The summed E-state index contributed by atoms with van der Waals surface area (Å²) in [5, 5.41) is 3.85. The number of carbonyl (C=O) groups is 1. The molecule has 0 bridgehead atoms. The van der Waals surface area contributed by atoms with Gasteiger partial charge in [0.15, 0.2) is 6.61 Å². The molecule has 2 aromatic carbocycles. The van der Waals surface area contributed by atoms with Crippen LogP contribution in [0.3, 0.4) is 0 Å². The molecule has 0 atom stereocenters. The van der Waals surface area contributed by atoms with E-state index in [4.69, 9.17) is 9.26 Å². The van der Waals surface area contributed by atoms with Crippen LogP contribution in [0.1, 0.15) is 16.2 Å². The summed E-state index contributed by atoms with van der Waals surface area (Å²) in [5.41, 5.74) is 0.982. The van der Waals surface area contributed by atoms with Crippen LogP contribution in [0.25, 0.3) is 11.4 Å². The Labute approximate surface area is 153 Å². The van der Waals surface area contributed by atoms with Crippen molar-refractivity contribution < 1.29 is 18.4 Å². The Morgan fingerprint density at radius 1 is 1.21 bits per heavy atom. The second-order valence-corrected chi connectivity index (χ2v) is 6.49. The Balaban J connectivity index is 1.68. The first-order valence-electron chi connectivity index (χ1n) is 6.73. The molecule has 8 heteroatoms. The Morgan fingerprint density at radius 3 is 2.79 bits per heavy atom. The Morgan fingerprint density at radius 2 is 2.04 bits per heavy atom. The number of aromatic nitrogens is 2. The summed E-state index contributed by atoms with van der Waals surface area (Å²) in [7, 11) is 0. The highest BCUT2D eigenvalue weighted by molar-refractivity contribution is 9.10. The van der Waals surface area contributed by atoms with Gasteiger partial charge in [-0.15, -0.1) is 0 Å². The van der Waals surface area contributed by atoms with E-state index in [0.717, 1.165) is 10.0 Å². The number of nitrogens with zero attached hydrogens (tertiary/aromatic N) is 2. The van der Waals surface area contributed by atoms with Crippen LogP contribution in [0.15, 0.2) is 55.9 Å². The highest BCUT2D eigenvalue weighted by atomic mass is 79.9. The van der Waals surface area contributed by atoms with Crippen LogP contribution in [0.2, 0.25) is 0 Å². The summed E-state index contributed by atoms with van der Waals surface area (Å²) >= 11 is 6.49. The van der Waals surface area contributed by atoms with Crippen molar-refractivity contribution in [3.05, 3.63) is 68.7 Å². The molecule has 0 N–H and O–H groups in total. The van der Waals surface area contributed by atoms with E-state index < -0.39 is 11.8 Å². The molecule has 0 aliphatic heterocycles. The van der Waals surface area contributed by atoms with Crippen molar-refractivity contribution in [2.45, 2.75) is 6.61 Å². The molecule has 0 aliphatic carbocycles. The monoisotopic (exact) mass is 454 g/mol. The van der Waals surface area contributed by atoms with Gasteiger partial charge in [-0.25, -0.2) is 9.18 Å². The molecule has 0 saturated carbocycles. The van der Waals surface area contributed by atoms with Crippen LogP contribution in [0.5, 0.6) is 0 Å². The standard InChI is InChI=1S/C16H9Br2FN2O3/c17-10-3-1-2-9(6-10)15-20-14(24-21-15)8-23-16(22)12-5-4-11(19)7-13(12)18/h1-7H,8H2. The van der Waals surface area contributed by atoms with Gasteiger partial charge < -0.3 is 9.26 Å². The van der Waals surface area contributed by atoms with Crippen molar-refractivity contribution in [2.75, 3.05) is 0 Å². The van der Waals surface area contributed by atoms with E-state index in [1.165, 1.54) is 18.2 Å². The summed E-state index contributed by atoms with van der Waals surface area (Å²) in [6, 6.07) is 11.1. The molecule has 0 amide bonds. The summed E-state index contributed by atoms with van der Waals surface area (Å²) in [5.74, 6) is -0.514. The molecule has 24 heavy (non-hydrogen) atoms. The summed E-state index contributed by atoms with van der Waals surface area (Å²) in [6.45, 7) is -0.177. The molecule has 1 heterocycles. The lowest BCUT2D eigenvalue weighted by Gasteiger charge is -2.04. The topological polar surface area (TPSA) is 65.2 Å². The van der Waals surface area contributed by atoms with Gasteiger partial charge in [0.1, 0.15) is 5.82 Å². The van der Waals surface area contributed by atoms with Crippen LogP contribution in [0.4, 0.5) is 4.39 Å². The van der Waals surface area contributed by atoms with Crippen LogP contribution in [-0.4, -0.2) is 16.1 Å². The van der Waals surface area contributed by atoms with Crippen molar-refractivity contribution in [1.82, 2.24) is 10.1 Å². The van der Waals surface area contributed by atoms with Gasteiger partial charge in [-0.1, -0.05) is 33.2 Å². The molecule has 3 rings (SSSR count). The molecule has 0 aliphatic rings. The maximum absolute atomic E-state index is 13.0. The van der Waals surface area contributed by atoms with Gasteiger partial charge in [0.05, 0.1) is 5.56 Å². The van der Waals surface area contributed by atoms with Gasteiger partial charge in [-0.2, -0.15) is 4.98 Å². The number of carbonyl (C=O) groups excluding carboxylic acids is 1. The van der Waals surface area contributed by atoms with Crippen LogP contribution >= 0.6 is 31.9 Å². The number of hydrogen-bond acceptors (Lipinski definition) is 5. The Hall–Kier alpha value is -2.06. The fraction of sp³-hybridized carbons (Fsp3) is 0.0625. The minimum atomic E-state index is -0.621. The molecule has 0 radical (unpaired) electrons. The number of rotatable bonds is 4. The first-order valence-corrected chi connectivity index (χ1v) is 8.32. The van der Waals surface area contributed by atoms with E-state index in [-0.39, 0.29) is 18.1 Å². The third-order valence-electron chi connectivity index (χ3n) is 3.03. The highest BCUT2D eigenvalue weighted by Crippen LogP contribution is 2.21. The Kier molecular flexibility index (Phi) is 5.06. The maximum Gasteiger partial charge on any atom is 0.339 e. The smallest absolute Gasteiger partial charge is 0.339 e. The molecule has 0 unspecified atom stereocenters. The van der Waals surface area contributed by atoms with Gasteiger partial charge in [0, 0.05) is 14.5 Å². The van der Waals surface area contributed by atoms with Gasteiger partial charge in [-0.3, -0.25) is 0 Å². The quantitative estimate of drug-likeness (QED) is 0.530. The molecular weight excluding hydrogens is 447 g/mol. The van der Waals surface area contributed by atoms with Gasteiger partial charge in [-0.05, 0) is 46.3 Å². The predicted molar refractivity (Wildman–Crippen MR) is 90.7 cm³/mol. The lowest BCUT2D eigenvalue weighted by atomic mass is 10.2. The van der Waals surface area contributed by atoms with Gasteiger partial charge >= 0.3 is 5.97 Å². The minimum absolute atomic E-state index is 0.163. The van der Waals surface area contributed by atoms with E-state index >= 15 is 0 Å². The third kappa shape index (κ3) is 3.88. The van der Waals surface area contributed by atoms with E-state index in [1.807, 2.05) is 24.3 Å². The van der Waals surface area contributed by atoms with E-state index in [1.54, 1.807) is 0 Å². The van der Waals surface area contributed by atoms with Crippen molar-refractivity contribution in [1.29, 1.82) is 0 Å². The number of benzene rings is 2. The average molecular weight is 456 g/mol. The zero-order valence-electron chi connectivity index (χ0n) is 12.0. The average Bonchev–Trinajstić information content (AvgIpc) is 3.01. The molecule has 0 saturated heterocycles. The summed E-state index contributed by atoms with van der Waals surface area (Å²) in [6.07, 6.45) is 0. The minimum Gasteiger partial charge on any atom is -0.452 e. The van der Waals surface area contributed by atoms with Gasteiger partial charge in [0.2, 0.25) is 5.82 Å². The van der Waals surface area contributed by atoms with E-state index in [0.29, 0.717) is 10.3 Å². The molecular formula is C16H9Br2FN2O3. The molecule has 122 valence electrons. The van der Waals surface area contributed by atoms with E-state index in [9.17, 15) is 9.18 Å². The second-order valence-electron chi connectivity index (χ2n) is 4.72. The van der Waals surface area contributed by atoms with Crippen LogP contribution in [-0.2, 0) is 11.3 Å². The lowest BCUT2D eigenvalue weighted by molar-refractivity contribution is 0.0428. The highest BCUT2D eigenvalue weighted by Gasteiger charge is 2.15. The zero-order valence-corrected chi connectivity index (χ0v) is 15.2. The van der Waals surface area contributed by atoms with E-state index in [2.05, 4.69) is 42.0 Å². The van der Waals surface area contributed by atoms with Crippen molar-refractivity contribution in [3.63, 3.8) is 0 Å². The number of hydrogen-bond donors (Lipinski definition) is 0. The predicted octanol–water partition coefficient (Wildman–Crippen LogP) is 4.76. The largest absolute Gasteiger partial charge is 0.452 e. The fourth-order valence-electron chi connectivity index (χ4n) is 1.92. The first kappa shape index (κ1) is 16.8. The fourth-order valence-corrected chi connectivity index (χ4v) is 2.83. The van der Waals surface area contributed by atoms with Crippen LogP contribution in [0, 0.1) is 5.82 Å². The normalized spacial score (nSPS) is 10.6. The van der Waals surface area contributed by atoms with Crippen molar-refractivity contribution in [3.8, 4) is 11.4 Å². The first-order chi connectivity index (χ1) is 11.5. The number of ether oxygens (including phenoxy) is 1. The number of halogens is 3. The van der Waals surface area contributed by atoms with Crippen molar-refractivity contribution in [2.24, 2.45) is 0 Å². The third-order valence-corrected chi connectivity index (χ3v) is 4.18. The summed E-state index contributed by atoms with van der Waals surface area (Å²) < 4.78 is 24.4. The SMILES string of the molecule is O=C(OCc1nc(-c2cccc(Br)c2)no1)c1ccc(F)cc1Br.